The third kappa shape index (κ3) is 4.45. The molecular weight excluding hydrogens is 290 g/mol. The number of hydrogen-bond donors (Lipinski definition) is 2. The summed E-state index contributed by atoms with van der Waals surface area (Å²) in [5.41, 5.74) is 0. The number of imide groups is 1. The molecule has 0 aliphatic heterocycles. The van der Waals surface area contributed by atoms with Crippen LogP contribution < -0.4 is 10.6 Å². The summed E-state index contributed by atoms with van der Waals surface area (Å²) in [6.45, 7) is 5.34. The van der Waals surface area contributed by atoms with Crippen LogP contribution in [-0.4, -0.2) is 39.0 Å². The number of thioether (sulfide) groups is 1. The van der Waals surface area contributed by atoms with Crippen molar-refractivity contribution in [3.05, 3.63) is 5.82 Å². The van der Waals surface area contributed by atoms with Crippen molar-refractivity contribution >= 4 is 23.7 Å². The number of urea groups is 1. The summed E-state index contributed by atoms with van der Waals surface area (Å²) in [5, 5.41) is 14.0. The van der Waals surface area contributed by atoms with E-state index in [0.717, 1.165) is 23.9 Å². The first-order valence-electron chi connectivity index (χ1n) is 7.29. The van der Waals surface area contributed by atoms with Gasteiger partial charge < -0.3 is 9.88 Å². The minimum absolute atomic E-state index is 0.155. The van der Waals surface area contributed by atoms with Crippen LogP contribution >= 0.6 is 11.8 Å². The Balaban J connectivity index is 1.82. The lowest BCUT2D eigenvalue weighted by Crippen LogP contribution is -2.40. The van der Waals surface area contributed by atoms with Gasteiger partial charge >= 0.3 is 6.03 Å². The van der Waals surface area contributed by atoms with Gasteiger partial charge in [0.1, 0.15) is 5.82 Å². The van der Waals surface area contributed by atoms with Crippen LogP contribution in [0.25, 0.3) is 0 Å². The fourth-order valence-electron chi connectivity index (χ4n) is 1.92. The van der Waals surface area contributed by atoms with Crippen molar-refractivity contribution in [3.63, 3.8) is 0 Å². The highest BCUT2D eigenvalue weighted by molar-refractivity contribution is 7.99. The molecule has 1 aliphatic rings. The molecule has 1 saturated carbocycles. The molecule has 1 heterocycles. The minimum Gasteiger partial charge on any atom is -0.338 e. The van der Waals surface area contributed by atoms with Crippen LogP contribution in [0.1, 0.15) is 44.9 Å². The van der Waals surface area contributed by atoms with Gasteiger partial charge in [-0.15, -0.1) is 10.2 Å². The number of nitrogens with one attached hydrogen (secondary N) is 2. The van der Waals surface area contributed by atoms with Gasteiger partial charge in [0.25, 0.3) is 0 Å². The molecular formula is C13H21N5O2S. The lowest BCUT2D eigenvalue weighted by molar-refractivity contribution is -0.117. The Labute approximate surface area is 128 Å². The number of carbonyl (C=O) groups is 2. The maximum absolute atomic E-state index is 11.7. The Morgan fingerprint density at radius 1 is 1.33 bits per heavy atom. The van der Waals surface area contributed by atoms with Crippen LogP contribution in [0.2, 0.25) is 0 Å². The van der Waals surface area contributed by atoms with Crippen molar-refractivity contribution in [1.82, 2.24) is 25.4 Å². The zero-order chi connectivity index (χ0) is 15.2. The van der Waals surface area contributed by atoms with Crippen molar-refractivity contribution in [2.24, 2.45) is 0 Å². The van der Waals surface area contributed by atoms with Crippen molar-refractivity contribution in [2.45, 2.75) is 50.7 Å². The lowest BCUT2D eigenvalue weighted by atomic mass is 10.4. The molecule has 1 aromatic heterocycles. The molecule has 1 aromatic rings. The van der Waals surface area contributed by atoms with Crippen LogP contribution in [-0.2, 0) is 11.3 Å². The number of rotatable bonds is 7. The van der Waals surface area contributed by atoms with Gasteiger partial charge in [0, 0.05) is 19.0 Å². The van der Waals surface area contributed by atoms with E-state index in [0.29, 0.717) is 12.5 Å². The molecule has 116 valence electrons. The van der Waals surface area contributed by atoms with Crippen LogP contribution in [0.3, 0.4) is 0 Å². The topological polar surface area (TPSA) is 88.9 Å². The average molecular weight is 311 g/mol. The number of aromatic nitrogens is 3. The lowest BCUT2D eigenvalue weighted by Gasteiger charge is -2.07. The van der Waals surface area contributed by atoms with Gasteiger partial charge in [0.15, 0.2) is 5.16 Å². The Hall–Kier alpha value is -1.57. The second-order valence-corrected chi connectivity index (χ2v) is 5.89. The molecule has 3 amide bonds. The largest absolute Gasteiger partial charge is 0.338 e. The number of nitrogens with zero attached hydrogens (tertiary/aromatic N) is 3. The normalized spacial score (nSPS) is 14.0. The highest BCUT2D eigenvalue weighted by atomic mass is 32.2. The standard InChI is InChI=1S/C13H21N5O2S/c1-3-7-14-12(20)15-10(19)8-21-13-17-16-11(9-5-6-9)18(13)4-2/h9H,3-8H2,1-2H3,(H2,14,15,19,20). The summed E-state index contributed by atoms with van der Waals surface area (Å²) in [6, 6.07) is -0.446. The Bertz CT molecular complexity index is 513. The van der Waals surface area contributed by atoms with E-state index in [-0.39, 0.29) is 11.7 Å². The highest BCUT2D eigenvalue weighted by Gasteiger charge is 2.30. The van der Waals surface area contributed by atoms with Crippen LogP contribution in [0.5, 0.6) is 0 Å². The van der Waals surface area contributed by atoms with Crippen LogP contribution in [0.4, 0.5) is 4.79 Å². The highest BCUT2D eigenvalue weighted by Crippen LogP contribution is 2.39. The maximum atomic E-state index is 11.7. The second-order valence-electron chi connectivity index (χ2n) is 4.95. The Kier molecular flexibility index (Phi) is 5.60. The predicted octanol–water partition coefficient (Wildman–Crippen LogP) is 1.50. The first kappa shape index (κ1) is 15.8. The zero-order valence-corrected chi connectivity index (χ0v) is 13.2. The molecule has 0 unspecified atom stereocenters. The first-order chi connectivity index (χ1) is 10.2. The zero-order valence-electron chi connectivity index (χ0n) is 12.4. The smallest absolute Gasteiger partial charge is 0.321 e. The summed E-state index contributed by atoms with van der Waals surface area (Å²) in [7, 11) is 0. The van der Waals surface area contributed by atoms with Gasteiger partial charge in [-0.1, -0.05) is 18.7 Å². The number of amides is 3. The van der Waals surface area contributed by atoms with E-state index < -0.39 is 6.03 Å². The molecule has 2 rings (SSSR count). The van der Waals surface area contributed by atoms with E-state index in [1.807, 2.05) is 18.4 Å². The minimum atomic E-state index is -0.446. The molecule has 21 heavy (non-hydrogen) atoms. The summed E-state index contributed by atoms with van der Waals surface area (Å²) in [4.78, 5) is 23.1. The molecule has 0 bridgehead atoms. The fraction of sp³-hybridized carbons (Fsp3) is 0.692. The maximum Gasteiger partial charge on any atom is 0.321 e. The molecule has 1 aliphatic carbocycles. The molecule has 8 heteroatoms. The van der Waals surface area contributed by atoms with Crippen LogP contribution in [0, 0.1) is 0 Å². The van der Waals surface area contributed by atoms with Gasteiger partial charge in [-0.3, -0.25) is 10.1 Å². The molecule has 0 saturated heterocycles. The van der Waals surface area contributed by atoms with Gasteiger partial charge in [0.2, 0.25) is 5.91 Å². The fourth-order valence-corrected chi connectivity index (χ4v) is 2.73. The van der Waals surface area contributed by atoms with Gasteiger partial charge in [-0.05, 0) is 26.2 Å². The molecule has 2 N–H and O–H groups in total. The molecule has 0 spiro atoms. The average Bonchev–Trinajstić information content (AvgIpc) is 3.23. The van der Waals surface area contributed by atoms with Gasteiger partial charge in [-0.25, -0.2) is 4.79 Å². The molecule has 0 atom stereocenters. The van der Waals surface area contributed by atoms with E-state index in [1.54, 1.807) is 0 Å². The van der Waals surface area contributed by atoms with Gasteiger partial charge in [0.05, 0.1) is 5.75 Å². The summed E-state index contributed by atoms with van der Waals surface area (Å²) in [6.07, 6.45) is 3.17. The predicted molar refractivity (Wildman–Crippen MR) is 80.2 cm³/mol. The third-order valence-corrected chi connectivity index (χ3v) is 4.09. The van der Waals surface area contributed by atoms with Gasteiger partial charge in [-0.2, -0.15) is 0 Å². The number of hydrogen-bond acceptors (Lipinski definition) is 5. The molecule has 7 nitrogen and oxygen atoms in total. The van der Waals surface area contributed by atoms with Crippen molar-refractivity contribution in [1.29, 1.82) is 0 Å². The second kappa shape index (κ2) is 7.44. The first-order valence-corrected chi connectivity index (χ1v) is 8.27. The number of carbonyl (C=O) groups excluding carboxylic acids is 2. The van der Waals surface area contributed by atoms with E-state index in [4.69, 9.17) is 0 Å². The van der Waals surface area contributed by atoms with Crippen LogP contribution in [0.15, 0.2) is 5.16 Å². The van der Waals surface area contributed by atoms with E-state index in [9.17, 15) is 9.59 Å². The summed E-state index contributed by atoms with van der Waals surface area (Å²) >= 11 is 1.31. The Morgan fingerprint density at radius 3 is 2.71 bits per heavy atom. The third-order valence-electron chi connectivity index (χ3n) is 3.13. The molecule has 0 radical (unpaired) electrons. The molecule has 0 aromatic carbocycles. The summed E-state index contributed by atoms with van der Waals surface area (Å²) < 4.78 is 2.05. The van der Waals surface area contributed by atoms with E-state index in [1.165, 1.54) is 24.6 Å². The summed E-state index contributed by atoms with van der Waals surface area (Å²) in [5.74, 6) is 1.37. The molecule has 1 fully saturated rings. The quantitative estimate of drug-likeness (QED) is 0.745. The SMILES string of the molecule is CCCNC(=O)NC(=O)CSc1nnc(C2CC2)n1CC. The van der Waals surface area contributed by atoms with Crippen molar-refractivity contribution in [2.75, 3.05) is 12.3 Å². The van der Waals surface area contributed by atoms with Crippen molar-refractivity contribution < 1.29 is 9.59 Å². The van der Waals surface area contributed by atoms with E-state index >= 15 is 0 Å². The van der Waals surface area contributed by atoms with Crippen molar-refractivity contribution in [3.8, 4) is 0 Å². The monoisotopic (exact) mass is 311 g/mol. The Morgan fingerprint density at radius 2 is 2.10 bits per heavy atom. The van der Waals surface area contributed by atoms with E-state index in [2.05, 4.69) is 20.8 Å².